The van der Waals surface area contributed by atoms with Gasteiger partial charge < -0.3 is 5.11 Å². The van der Waals surface area contributed by atoms with Crippen LogP contribution < -0.4 is 0 Å². The summed E-state index contributed by atoms with van der Waals surface area (Å²) in [6.07, 6.45) is 1.73. The van der Waals surface area contributed by atoms with Gasteiger partial charge in [0.2, 0.25) is 0 Å². The zero-order valence-electron chi connectivity index (χ0n) is 10.4. The van der Waals surface area contributed by atoms with Crippen molar-refractivity contribution in [1.82, 2.24) is 4.98 Å². The lowest BCUT2D eigenvalue weighted by atomic mass is 10.1. The average molecular weight is 352 g/mol. The summed E-state index contributed by atoms with van der Waals surface area (Å²) in [5.41, 5.74) is 1.40. The van der Waals surface area contributed by atoms with E-state index in [1.165, 1.54) is 23.9 Å². The summed E-state index contributed by atoms with van der Waals surface area (Å²) in [5.74, 6) is 5.51. The molecule has 2 nitrogen and oxygen atoms in total. The Morgan fingerprint density at radius 1 is 1.30 bits per heavy atom. The predicted molar refractivity (Wildman–Crippen MR) is 81.9 cm³/mol. The van der Waals surface area contributed by atoms with E-state index in [1.54, 1.807) is 6.20 Å². The number of hydrogen-bond acceptors (Lipinski definition) is 3. The van der Waals surface area contributed by atoms with Gasteiger partial charge in [0.05, 0.1) is 5.03 Å². The van der Waals surface area contributed by atoms with Gasteiger partial charge in [0, 0.05) is 22.0 Å². The van der Waals surface area contributed by atoms with E-state index >= 15 is 0 Å². The highest BCUT2D eigenvalue weighted by Crippen LogP contribution is 2.23. The number of aliphatic hydroxyl groups excluding tert-OH is 1. The Hall–Kier alpha value is -1.35. The largest absolute Gasteiger partial charge is 0.384 e. The average Bonchev–Trinajstić information content (AvgIpc) is 2.44. The first-order valence-corrected chi connectivity index (χ1v) is 7.59. The van der Waals surface area contributed by atoms with Crippen molar-refractivity contribution in [2.45, 2.75) is 10.8 Å². The summed E-state index contributed by atoms with van der Waals surface area (Å²) >= 11 is 4.85. The molecule has 1 aromatic heterocycles. The molecule has 2 rings (SSSR count). The van der Waals surface area contributed by atoms with Crippen molar-refractivity contribution in [2.24, 2.45) is 0 Å². The van der Waals surface area contributed by atoms with E-state index in [0.717, 1.165) is 15.1 Å². The molecule has 2 aromatic rings. The Bertz CT molecular complexity index is 649. The second-order valence-corrected chi connectivity index (χ2v) is 5.82. The van der Waals surface area contributed by atoms with Crippen LogP contribution in [0.3, 0.4) is 0 Å². The zero-order chi connectivity index (χ0) is 14.4. The molecule has 0 fully saturated rings. The van der Waals surface area contributed by atoms with E-state index in [4.69, 9.17) is 5.11 Å². The maximum Gasteiger partial charge on any atom is 0.124 e. The first-order chi connectivity index (χ1) is 9.67. The maximum atomic E-state index is 13.5. The van der Waals surface area contributed by atoms with Crippen LogP contribution in [0.4, 0.5) is 4.39 Å². The molecule has 0 spiro atoms. The standard InChI is InChI=1S/C15H11BrFNOS/c16-13-3-4-15(18-9-13)20-10-12-6-11(2-1-5-19)7-14(17)8-12/h3-4,6-9,19H,5,10H2. The Labute approximate surface area is 129 Å². The van der Waals surface area contributed by atoms with Crippen molar-refractivity contribution in [3.8, 4) is 11.8 Å². The van der Waals surface area contributed by atoms with Crippen LogP contribution >= 0.6 is 27.7 Å². The molecule has 0 unspecified atom stereocenters. The molecule has 1 N–H and O–H groups in total. The van der Waals surface area contributed by atoms with E-state index in [9.17, 15) is 4.39 Å². The van der Waals surface area contributed by atoms with Crippen LogP contribution in [0.5, 0.6) is 0 Å². The van der Waals surface area contributed by atoms with Crippen LogP contribution in [0.1, 0.15) is 11.1 Å². The van der Waals surface area contributed by atoms with E-state index in [0.29, 0.717) is 11.3 Å². The van der Waals surface area contributed by atoms with Crippen molar-refractivity contribution >= 4 is 27.7 Å². The highest BCUT2D eigenvalue weighted by molar-refractivity contribution is 9.10. The second-order valence-electron chi connectivity index (χ2n) is 3.91. The van der Waals surface area contributed by atoms with Crippen LogP contribution in [0.25, 0.3) is 0 Å². The highest BCUT2D eigenvalue weighted by atomic mass is 79.9. The van der Waals surface area contributed by atoms with Gasteiger partial charge in [-0.1, -0.05) is 11.8 Å². The number of benzene rings is 1. The molecule has 0 aliphatic heterocycles. The highest BCUT2D eigenvalue weighted by Gasteiger charge is 2.02. The summed E-state index contributed by atoms with van der Waals surface area (Å²) in [5, 5.41) is 9.53. The number of aliphatic hydroxyl groups is 1. The summed E-state index contributed by atoms with van der Waals surface area (Å²) in [6.45, 7) is -0.233. The summed E-state index contributed by atoms with van der Waals surface area (Å²) in [7, 11) is 0. The van der Waals surface area contributed by atoms with E-state index < -0.39 is 0 Å². The fraction of sp³-hybridized carbons (Fsp3) is 0.133. The third-order valence-corrected chi connectivity index (χ3v) is 3.84. The first kappa shape index (κ1) is 15.0. The number of hydrogen-bond donors (Lipinski definition) is 1. The molecule has 0 aliphatic rings. The normalized spacial score (nSPS) is 9.95. The Morgan fingerprint density at radius 2 is 2.15 bits per heavy atom. The molecule has 0 saturated carbocycles. The maximum absolute atomic E-state index is 13.5. The number of halogens is 2. The number of pyridine rings is 1. The van der Waals surface area contributed by atoms with Crippen LogP contribution in [-0.4, -0.2) is 16.7 Å². The molecule has 0 atom stereocenters. The fourth-order valence-electron chi connectivity index (χ4n) is 1.55. The third kappa shape index (κ3) is 4.64. The number of nitrogens with zero attached hydrogens (tertiary/aromatic N) is 1. The van der Waals surface area contributed by atoms with Crippen molar-refractivity contribution in [2.75, 3.05) is 6.61 Å². The van der Waals surface area contributed by atoms with E-state index in [1.807, 2.05) is 18.2 Å². The van der Waals surface area contributed by atoms with Gasteiger partial charge in [-0.05, 0) is 51.8 Å². The topological polar surface area (TPSA) is 33.1 Å². The van der Waals surface area contributed by atoms with Crippen LogP contribution in [-0.2, 0) is 5.75 Å². The molecule has 1 aromatic carbocycles. The molecule has 0 aliphatic carbocycles. The lowest BCUT2D eigenvalue weighted by Gasteiger charge is -2.03. The van der Waals surface area contributed by atoms with Gasteiger partial charge in [0.15, 0.2) is 0 Å². The lowest BCUT2D eigenvalue weighted by Crippen LogP contribution is -1.88. The van der Waals surface area contributed by atoms with Crippen molar-refractivity contribution < 1.29 is 9.50 Å². The Morgan fingerprint density at radius 3 is 2.85 bits per heavy atom. The van der Waals surface area contributed by atoms with Gasteiger partial charge >= 0.3 is 0 Å². The quantitative estimate of drug-likeness (QED) is 0.677. The van der Waals surface area contributed by atoms with Crippen molar-refractivity contribution in [1.29, 1.82) is 0 Å². The smallest absolute Gasteiger partial charge is 0.124 e. The Kier molecular flexibility index (Phi) is 5.60. The van der Waals surface area contributed by atoms with Gasteiger partial charge in [-0.2, -0.15) is 0 Å². The second kappa shape index (κ2) is 7.44. The summed E-state index contributed by atoms with van der Waals surface area (Å²) < 4.78 is 14.4. The van der Waals surface area contributed by atoms with E-state index in [-0.39, 0.29) is 12.4 Å². The molecule has 0 saturated heterocycles. The molecule has 20 heavy (non-hydrogen) atoms. The Balaban J connectivity index is 2.09. The minimum Gasteiger partial charge on any atom is -0.384 e. The molecule has 5 heteroatoms. The SMILES string of the molecule is OCC#Cc1cc(F)cc(CSc2ccc(Br)cn2)c1. The first-order valence-electron chi connectivity index (χ1n) is 5.81. The molecule has 0 amide bonds. The minimum absolute atomic E-state index is 0.233. The molecule has 1 heterocycles. The van der Waals surface area contributed by atoms with Crippen LogP contribution in [0, 0.1) is 17.7 Å². The summed E-state index contributed by atoms with van der Waals surface area (Å²) in [6, 6.07) is 8.47. The van der Waals surface area contributed by atoms with E-state index in [2.05, 4.69) is 32.8 Å². The molecular formula is C15H11BrFNOS. The number of rotatable bonds is 3. The number of aromatic nitrogens is 1. The zero-order valence-corrected chi connectivity index (χ0v) is 12.8. The summed E-state index contributed by atoms with van der Waals surface area (Å²) in [4.78, 5) is 4.25. The molecule has 0 bridgehead atoms. The third-order valence-electron chi connectivity index (χ3n) is 2.36. The number of thioether (sulfide) groups is 1. The monoisotopic (exact) mass is 351 g/mol. The fourth-order valence-corrected chi connectivity index (χ4v) is 2.56. The minimum atomic E-state index is -0.325. The molecule has 102 valence electrons. The lowest BCUT2D eigenvalue weighted by molar-refractivity contribution is 0.350. The van der Waals surface area contributed by atoms with Crippen LogP contribution in [0.15, 0.2) is 46.0 Å². The van der Waals surface area contributed by atoms with Gasteiger partial charge in [0.1, 0.15) is 12.4 Å². The predicted octanol–water partition coefficient (Wildman–Crippen LogP) is 3.62. The van der Waals surface area contributed by atoms with Gasteiger partial charge in [-0.3, -0.25) is 0 Å². The molecule has 0 radical (unpaired) electrons. The van der Waals surface area contributed by atoms with Gasteiger partial charge in [0.25, 0.3) is 0 Å². The van der Waals surface area contributed by atoms with Crippen molar-refractivity contribution in [3.05, 3.63) is 57.9 Å². The van der Waals surface area contributed by atoms with Crippen molar-refractivity contribution in [3.63, 3.8) is 0 Å². The van der Waals surface area contributed by atoms with Crippen LogP contribution in [0.2, 0.25) is 0 Å². The van der Waals surface area contributed by atoms with Gasteiger partial charge in [-0.15, -0.1) is 11.8 Å². The van der Waals surface area contributed by atoms with Gasteiger partial charge in [-0.25, -0.2) is 9.37 Å². The molecular weight excluding hydrogens is 341 g/mol.